The highest BCUT2D eigenvalue weighted by Gasteiger charge is 2.28. The van der Waals surface area contributed by atoms with Crippen LogP contribution in [0.25, 0.3) is 0 Å². The molecule has 1 heterocycles. The predicted molar refractivity (Wildman–Crippen MR) is 78.2 cm³/mol. The monoisotopic (exact) mass is 270 g/mol. The number of likely N-dealkylation sites (tertiary alicyclic amines) is 1. The Morgan fingerprint density at radius 1 is 1.26 bits per heavy atom. The van der Waals surface area contributed by atoms with E-state index in [0.717, 1.165) is 19.5 Å². The molecule has 1 aliphatic heterocycles. The fraction of sp³-hybridized carbons (Fsp3) is 0.933. The molecule has 0 aromatic rings. The number of rotatable bonds is 4. The van der Waals surface area contributed by atoms with Gasteiger partial charge in [-0.25, -0.2) is 0 Å². The number of ether oxygens (including phenoxy) is 1. The Labute approximate surface area is 117 Å². The van der Waals surface area contributed by atoms with Crippen molar-refractivity contribution in [1.29, 1.82) is 0 Å². The van der Waals surface area contributed by atoms with Gasteiger partial charge in [-0.3, -0.25) is 4.79 Å². The van der Waals surface area contributed by atoms with Crippen LogP contribution in [0.2, 0.25) is 0 Å². The number of carbonyl (C=O) groups is 1. The molecule has 4 nitrogen and oxygen atoms in total. The number of hydrogen-bond acceptors (Lipinski definition) is 3. The second-order valence-corrected chi connectivity index (χ2v) is 7.43. The quantitative estimate of drug-likeness (QED) is 0.851. The third kappa shape index (κ3) is 6.92. The van der Waals surface area contributed by atoms with E-state index in [2.05, 4.69) is 26.1 Å². The predicted octanol–water partition coefficient (Wildman–Crippen LogP) is 2.18. The SMILES string of the molecule is CC(C)(C)NC1CCN(C(=O)CCOC(C)(C)C)C1. The van der Waals surface area contributed by atoms with Crippen LogP contribution in [-0.2, 0) is 9.53 Å². The summed E-state index contributed by atoms with van der Waals surface area (Å²) in [5.74, 6) is 0.211. The molecule has 0 aliphatic carbocycles. The van der Waals surface area contributed by atoms with Crippen LogP contribution in [-0.4, -0.2) is 47.7 Å². The second kappa shape index (κ2) is 6.23. The summed E-state index contributed by atoms with van der Waals surface area (Å²) in [5.41, 5.74) is -0.0549. The fourth-order valence-corrected chi connectivity index (χ4v) is 2.32. The summed E-state index contributed by atoms with van der Waals surface area (Å²) in [6.07, 6.45) is 1.53. The van der Waals surface area contributed by atoms with Gasteiger partial charge in [0.1, 0.15) is 0 Å². The van der Waals surface area contributed by atoms with Crippen molar-refractivity contribution in [1.82, 2.24) is 10.2 Å². The van der Waals surface area contributed by atoms with Gasteiger partial charge in [0.05, 0.1) is 18.6 Å². The molecule has 1 fully saturated rings. The van der Waals surface area contributed by atoms with Gasteiger partial charge in [-0.15, -0.1) is 0 Å². The van der Waals surface area contributed by atoms with Crippen LogP contribution >= 0.6 is 0 Å². The fourth-order valence-electron chi connectivity index (χ4n) is 2.32. The lowest BCUT2D eigenvalue weighted by Gasteiger charge is -2.26. The molecule has 1 unspecified atom stereocenters. The third-order valence-electron chi connectivity index (χ3n) is 3.03. The van der Waals surface area contributed by atoms with Gasteiger partial charge in [0, 0.05) is 24.7 Å². The number of nitrogens with zero attached hydrogens (tertiary/aromatic N) is 1. The summed E-state index contributed by atoms with van der Waals surface area (Å²) in [6, 6.07) is 0.424. The molecular weight excluding hydrogens is 240 g/mol. The van der Waals surface area contributed by atoms with Crippen molar-refractivity contribution in [2.75, 3.05) is 19.7 Å². The van der Waals surface area contributed by atoms with E-state index in [0.29, 0.717) is 19.1 Å². The minimum absolute atomic E-state index is 0.110. The van der Waals surface area contributed by atoms with Crippen molar-refractivity contribution in [3.8, 4) is 0 Å². The highest BCUT2D eigenvalue weighted by Crippen LogP contribution is 2.14. The van der Waals surface area contributed by atoms with Crippen LogP contribution in [0, 0.1) is 0 Å². The lowest BCUT2D eigenvalue weighted by molar-refractivity contribution is -0.132. The average Bonchev–Trinajstić information content (AvgIpc) is 2.61. The molecule has 0 radical (unpaired) electrons. The molecule has 0 saturated carbocycles. The Balaban J connectivity index is 2.28. The van der Waals surface area contributed by atoms with Crippen LogP contribution < -0.4 is 5.32 Å². The molecule has 1 aliphatic rings. The van der Waals surface area contributed by atoms with E-state index in [-0.39, 0.29) is 17.0 Å². The van der Waals surface area contributed by atoms with Gasteiger partial charge in [-0.2, -0.15) is 0 Å². The van der Waals surface area contributed by atoms with Crippen molar-refractivity contribution >= 4 is 5.91 Å². The number of carbonyl (C=O) groups excluding carboxylic acids is 1. The molecule has 0 aromatic heterocycles. The Kier molecular flexibility index (Phi) is 5.39. The Morgan fingerprint density at radius 2 is 1.89 bits per heavy atom. The molecule has 4 heteroatoms. The first-order chi connectivity index (χ1) is 8.57. The van der Waals surface area contributed by atoms with Gasteiger partial charge in [-0.1, -0.05) is 0 Å². The summed E-state index contributed by atoms with van der Waals surface area (Å²) in [6.45, 7) is 14.7. The van der Waals surface area contributed by atoms with Gasteiger partial charge < -0.3 is 15.0 Å². The zero-order chi connectivity index (χ0) is 14.7. The van der Waals surface area contributed by atoms with Gasteiger partial charge >= 0.3 is 0 Å². The van der Waals surface area contributed by atoms with E-state index >= 15 is 0 Å². The normalized spacial score (nSPS) is 20.9. The average molecular weight is 270 g/mol. The van der Waals surface area contributed by atoms with Gasteiger partial charge in [0.2, 0.25) is 5.91 Å². The van der Waals surface area contributed by atoms with Crippen LogP contribution in [0.4, 0.5) is 0 Å². The highest BCUT2D eigenvalue weighted by molar-refractivity contribution is 5.76. The molecule has 112 valence electrons. The van der Waals surface area contributed by atoms with E-state index in [1.165, 1.54) is 0 Å². The van der Waals surface area contributed by atoms with E-state index in [4.69, 9.17) is 4.74 Å². The maximum atomic E-state index is 12.1. The zero-order valence-corrected chi connectivity index (χ0v) is 13.4. The van der Waals surface area contributed by atoms with Crippen molar-refractivity contribution in [3.05, 3.63) is 0 Å². The van der Waals surface area contributed by atoms with Gasteiger partial charge in [-0.05, 0) is 48.0 Å². The van der Waals surface area contributed by atoms with Crippen molar-refractivity contribution in [2.45, 2.75) is 71.6 Å². The minimum Gasteiger partial charge on any atom is -0.375 e. The summed E-state index contributed by atoms with van der Waals surface area (Å²) in [7, 11) is 0. The summed E-state index contributed by atoms with van der Waals surface area (Å²) in [4.78, 5) is 14.0. The van der Waals surface area contributed by atoms with Gasteiger partial charge in [0.15, 0.2) is 0 Å². The van der Waals surface area contributed by atoms with Gasteiger partial charge in [0.25, 0.3) is 0 Å². The van der Waals surface area contributed by atoms with Crippen molar-refractivity contribution < 1.29 is 9.53 Å². The Hall–Kier alpha value is -0.610. The van der Waals surface area contributed by atoms with Crippen LogP contribution in [0.1, 0.15) is 54.4 Å². The third-order valence-corrected chi connectivity index (χ3v) is 3.03. The van der Waals surface area contributed by atoms with E-state index in [9.17, 15) is 4.79 Å². The maximum Gasteiger partial charge on any atom is 0.224 e. The van der Waals surface area contributed by atoms with E-state index in [1.54, 1.807) is 0 Å². The summed E-state index contributed by atoms with van der Waals surface area (Å²) in [5, 5.41) is 3.56. The molecular formula is C15H30N2O2. The molecule has 0 spiro atoms. The lowest BCUT2D eigenvalue weighted by Crippen LogP contribution is -2.45. The standard InChI is InChI=1S/C15H30N2O2/c1-14(2,3)16-12-7-9-17(11-12)13(18)8-10-19-15(4,5)6/h12,16H,7-11H2,1-6H3. The topological polar surface area (TPSA) is 41.6 Å². The van der Waals surface area contributed by atoms with Crippen LogP contribution in [0.3, 0.4) is 0 Å². The smallest absolute Gasteiger partial charge is 0.224 e. The van der Waals surface area contributed by atoms with Crippen molar-refractivity contribution in [2.24, 2.45) is 0 Å². The second-order valence-electron chi connectivity index (χ2n) is 7.43. The first kappa shape index (κ1) is 16.4. The van der Waals surface area contributed by atoms with Crippen LogP contribution in [0.15, 0.2) is 0 Å². The number of nitrogens with one attached hydrogen (secondary N) is 1. The molecule has 1 amide bonds. The minimum atomic E-state index is -0.165. The number of hydrogen-bond donors (Lipinski definition) is 1. The summed E-state index contributed by atoms with van der Waals surface area (Å²) >= 11 is 0. The zero-order valence-electron chi connectivity index (χ0n) is 13.4. The highest BCUT2D eigenvalue weighted by atomic mass is 16.5. The first-order valence-electron chi connectivity index (χ1n) is 7.26. The van der Waals surface area contributed by atoms with Crippen molar-refractivity contribution in [3.63, 3.8) is 0 Å². The maximum absolute atomic E-state index is 12.1. The lowest BCUT2D eigenvalue weighted by atomic mass is 10.1. The molecule has 1 saturated heterocycles. The van der Waals surface area contributed by atoms with Crippen LogP contribution in [0.5, 0.6) is 0 Å². The molecule has 0 bridgehead atoms. The Morgan fingerprint density at radius 3 is 2.42 bits per heavy atom. The molecule has 1 atom stereocenters. The van der Waals surface area contributed by atoms with E-state index in [1.807, 2.05) is 25.7 Å². The largest absolute Gasteiger partial charge is 0.375 e. The molecule has 1 rings (SSSR count). The Bertz CT molecular complexity index is 302. The molecule has 19 heavy (non-hydrogen) atoms. The van der Waals surface area contributed by atoms with E-state index < -0.39 is 0 Å². The summed E-state index contributed by atoms with van der Waals surface area (Å²) < 4.78 is 5.60. The number of amides is 1. The molecule has 1 N–H and O–H groups in total. The molecule has 0 aromatic carbocycles. The first-order valence-corrected chi connectivity index (χ1v) is 7.26.